The van der Waals surface area contributed by atoms with Crippen molar-refractivity contribution in [2.24, 2.45) is 5.92 Å². The summed E-state index contributed by atoms with van der Waals surface area (Å²) in [6.45, 7) is -0.633. The van der Waals surface area contributed by atoms with E-state index in [1.165, 1.54) is 11.0 Å². The monoisotopic (exact) mass is 470 g/mol. The Labute approximate surface area is 183 Å². The van der Waals surface area contributed by atoms with E-state index in [-0.39, 0.29) is 23.9 Å². The number of carbonyl (C=O) groups excluding carboxylic acids is 1. The van der Waals surface area contributed by atoms with Crippen LogP contribution in [0.15, 0.2) is 42.5 Å². The van der Waals surface area contributed by atoms with Gasteiger partial charge < -0.3 is 4.90 Å². The highest BCUT2D eigenvalue weighted by molar-refractivity contribution is 7.88. The molecule has 1 N–H and O–H groups in total. The topological polar surface area (TPSA) is 66.5 Å². The number of likely N-dealkylation sites (tertiary alicyclic amines) is 1. The summed E-state index contributed by atoms with van der Waals surface area (Å²) in [4.78, 5) is 14.3. The summed E-state index contributed by atoms with van der Waals surface area (Å²) in [5.74, 6) is -5.88. The molecule has 0 bridgehead atoms. The van der Waals surface area contributed by atoms with Crippen molar-refractivity contribution in [3.05, 3.63) is 59.7 Å². The van der Waals surface area contributed by atoms with Gasteiger partial charge in [0.05, 0.1) is 11.8 Å². The van der Waals surface area contributed by atoms with E-state index in [0.717, 1.165) is 18.4 Å². The molecule has 2 aromatic carbocycles. The molecule has 0 unspecified atom stereocenters. The summed E-state index contributed by atoms with van der Waals surface area (Å²) in [5.41, 5.74) is 0.796. The van der Waals surface area contributed by atoms with Gasteiger partial charge in [0, 0.05) is 25.4 Å². The zero-order valence-electron chi connectivity index (χ0n) is 17.2. The number of sulfonamides is 1. The molecule has 0 spiro atoms. The molecule has 1 saturated heterocycles. The van der Waals surface area contributed by atoms with Gasteiger partial charge in [-0.2, -0.15) is 0 Å². The molecule has 3 atom stereocenters. The van der Waals surface area contributed by atoms with E-state index in [4.69, 9.17) is 0 Å². The highest BCUT2D eigenvalue weighted by atomic mass is 32.2. The Hall–Kier alpha value is -2.46. The molecule has 2 aliphatic rings. The Morgan fingerprint density at radius 3 is 2.41 bits per heavy atom. The van der Waals surface area contributed by atoms with Crippen molar-refractivity contribution in [3.63, 3.8) is 0 Å². The summed E-state index contributed by atoms with van der Waals surface area (Å²) >= 11 is 0. The first-order chi connectivity index (χ1) is 15.0. The van der Waals surface area contributed by atoms with Crippen LogP contribution in [0.4, 0.5) is 17.6 Å². The first kappa shape index (κ1) is 22.7. The van der Waals surface area contributed by atoms with E-state index in [2.05, 4.69) is 0 Å². The SMILES string of the molecule is CS(=O)(=O)N[C@@H]1CN(C(=O)[C@H]2C[C@@H]2c2ccccc2-c2c(F)cccc2F)CCC1(F)F. The molecule has 1 aliphatic carbocycles. The van der Waals surface area contributed by atoms with Gasteiger partial charge in [0.15, 0.2) is 0 Å². The minimum absolute atomic E-state index is 0.170. The van der Waals surface area contributed by atoms with Gasteiger partial charge >= 0.3 is 0 Å². The van der Waals surface area contributed by atoms with Crippen LogP contribution in [0.5, 0.6) is 0 Å². The van der Waals surface area contributed by atoms with Gasteiger partial charge in [-0.3, -0.25) is 4.79 Å². The number of carbonyl (C=O) groups is 1. The number of hydrogen-bond donors (Lipinski definition) is 1. The second-order valence-electron chi connectivity index (χ2n) is 8.37. The third-order valence-electron chi connectivity index (χ3n) is 6.00. The number of alkyl halides is 2. The Bertz CT molecular complexity index is 1140. The largest absolute Gasteiger partial charge is 0.340 e. The number of amides is 1. The second-order valence-corrected chi connectivity index (χ2v) is 10.2. The predicted molar refractivity (Wildman–Crippen MR) is 111 cm³/mol. The predicted octanol–water partition coefficient (Wildman–Crippen LogP) is 3.52. The molecule has 172 valence electrons. The molecule has 1 heterocycles. The van der Waals surface area contributed by atoms with Crippen LogP contribution in [0.3, 0.4) is 0 Å². The van der Waals surface area contributed by atoms with Crippen LogP contribution in [0, 0.1) is 17.6 Å². The molecule has 5 nitrogen and oxygen atoms in total. The summed E-state index contributed by atoms with van der Waals surface area (Å²) in [7, 11) is -3.89. The fourth-order valence-corrected chi connectivity index (χ4v) is 5.10. The Balaban J connectivity index is 1.54. The number of piperidine rings is 1. The molecular formula is C22H22F4N2O3S. The zero-order chi connectivity index (χ0) is 23.3. The number of hydrogen-bond acceptors (Lipinski definition) is 3. The summed E-state index contributed by atoms with van der Waals surface area (Å²) < 4.78 is 81.9. The third kappa shape index (κ3) is 4.52. The molecule has 2 aromatic rings. The molecule has 1 amide bonds. The lowest BCUT2D eigenvalue weighted by molar-refractivity contribution is -0.141. The number of benzene rings is 2. The maximum Gasteiger partial charge on any atom is 0.267 e. The molecule has 10 heteroatoms. The van der Waals surface area contributed by atoms with Crippen LogP contribution in [-0.4, -0.2) is 50.5 Å². The van der Waals surface area contributed by atoms with Crippen LogP contribution in [0.1, 0.15) is 24.3 Å². The number of nitrogens with zero attached hydrogens (tertiary/aromatic N) is 1. The summed E-state index contributed by atoms with van der Waals surface area (Å²) in [6, 6.07) is 8.55. The van der Waals surface area contributed by atoms with E-state index in [1.807, 2.05) is 4.72 Å². The fourth-order valence-electron chi connectivity index (χ4n) is 4.33. The van der Waals surface area contributed by atoms with Gasteiger partial charge in [0.1, 0.15) is 17.7 Å². The van der Waals surface area contributed by atoms with E-state index < -0.39 is 52.5 Å². The van der Waals surface area contributed by atoms with Crippen molar-refractivity contribution in [2.45, 2.75) is 30.7 Å². The van der Waals surface area contributed by atoms with Gasteiger partial charge in [-0.05, 0) is 35.6 Å². The van der Waals surface area contributed by atoms with Crippen LogP contribution < -0.4 is 4.72 Å². The smallest absolute Gasteiger partial charge is 0.267 e. The molecule has 1 saturated carbocycles. The third-order valence-corrected chi connectivity index (χ3v) is 6.71. The van der Waals surface area contributed by atoms with Crippen molar-refractivity contribution in [1.29, 1.82) is 0 Å². The van der Waals surface area contributed by atoms with E-state index in [1.54, 1.807) is 24.3 Å². The summed E-state index contributed by atoms with van der Waals surface area (Å²) in [5, 5.41) is 0. The second kappa shape index (κ2) is 8.15. The van der Waals surface area contributed by atoms with Gasteiger partial charge in [-0.15, -0.1) is 0 Å². The van der Waals surface area contributed by atoms with Crippen LogP contribution in [0.25, 0.3) is 11.1 Å². The Morgan fingerprint density at radius 2 is 1.75 bits per heavy atom. The first-order valence-electron chi connectivity index (χ1n) is 10.1. The minimum Gasteiger partial charge on any atom is -0.340 e. The van der Waals surface area contributed by atoms with E-state index >= 15 is 0 Å². The Kier molecular flexibility index (Phi) is 5.79. The number of nitrogens with one attached hydrogen (secondary N) is 1. The lowest BCUT2D eigenvalue weighted by Gasteiger charge is -2.38. The summed E-state index contributed by atoms with van der Waals surface area (Å²) in [6.07, 6.45) is 0.558. The standard InChI is InChI=1S/C22H22F4N2O3S/c1-32(30,31)27-19-12-28(10-9-22(19,25)26)21(29)16-11-15(16)13-5-2-3-6-14(13)20-17(23)7-4-8-18(20)24/h2-8,15-16,19,27H,9-12H2,1H3/t15-,16+,19-/m1/s1. The quantitative estimate of drug-likeness (QED) is 0.680. The lowest BCUT2D eigenvalue weighted by atomic mass is 9.94. The van der Waals surface area contributed by atoms with Gasteiger partial charge in [0.2, 0.25) is 15.9 Å². The van der Waals surface area contributed by atoms with Crippen molar-refractivity contribution in [1.82, 2.24) is 9.62 Å². The molecule has 1 aliphatic heterocycles. The lowest BCUT2D eigenvalue weighted by Crippen LogP contribution is -2.59. The van der Waals surface area contributed by atoms with Crippen molar-refractivity contribution >= 4 is 15.9 Å². The first-order valence-corrected chi connectivity index (χ1v) is 12.0. The van der Waals surface area contributed by atoms with E-state index in [0.29, 0.717) is 17.5 Å². The number of rotatable bonds is 5. The number of halogens is 4. The van der Waals surface area contributed by atoms with Crippen LogP contribution in [0.2, 0.25) is 0 Å². The average molecular weight is 470 g/mol. The van der Waals surface area contributed by atoms with Gasteiger partial charge in [-0.25, -0.2) is 30.7 Å². The highest BCUT2D eigenvalue weighted by Crippen LogP contribution is 2.52. The normalized spacial score (nSPS) is 24.9. The molecule has 0 radical (unpaired) electrons. The zero-order valence-corrected chi connectivity index (χ0v) is 18.0. The van der Waals surface area contributed by atoms with E-state index in [9.17, 15) is 30.8 Å². The van der Waals surface area contributed by atoms with Crippen LogP contribution >= 0.6 is 0 Å². The van der Waals surface area contributed by atoms with Crippen LogP contribution in [-0.2, 0) is 14.8 Å². The Morgan fingerprint density at radius 1 is 1.09 bits per heavy atom. The van der Waals surface area contributed by atoms with Gasteiger partial charge in [0.25, 0.3) is 5.92 Å². The molecule has 32 heavy (non-hydrogen) atoms. The molecule has 0 aromatic heterocycles. The molecular weight excluding hydrogens is 448 g/mol. The molecule has 4 rings (SSSR count). The highest BCUT2D eigenvalue weighted by Gasteiger charge is 2.51. The van der Waals surface area contributed by atoms with Crippen molar-refractivity contribution in [3.8, 4) is 11.1 Å². The van der Waals surface area contributed by atoms with Crippen molar-refractivity contribution in [2.75, 3.05) is 19.3 Å². The maximum absolute atomic E-state index is 14.4. The van der Waals surface area contributed by atoms with Gasteiger partial charge in [-0.1, -0.05) is 30.3 Å². The maximum atomic E-state index is 14.4. The van der Waals surface area contributed by atoms with Crippen molar-refractivity contribution < 1.29 is 30.8 Å². The molecule has 2 fully saturated rings. The average Bonchev–Trinajstić information content (AvgIpc) is 3.49. The minimum atomic E-state index is -3.89. The fraction of sp³-hybridized carbons (Fsp3) is 0.409.